The normalized spacial score (nSPS) is 26.9. The number of rotatable bonds is 5. The van der Waals surface area contributed by atoms with Gasteiger partial charge in [0.25, 0.3) is 0 Å². The number of fused-ring (bicyclic) bond motifs is 1. The fraction of sp³-hybridized carbons (Fsp3) is 0.684. The maximum atomic E-state index is 12.8. The average Bonchev–Trinajstić information content (AvgIpc) is 2.63. The number of hydrogen-bond donors (Lipinski definition) is 1. The van der Waals surface area contributed by atoms with Crippen LogP contribution in [0, 0.1) is 11.3 Å². The van der Waals surface area contributed by atoms with Crippen molar-refractivity contribution in [3.63, 3.8) is 0 Å². The molecule has 2 fully saturated rings. The van der Waals surface area contributed by atoms with E-state index < -0.39 is 11.7 Å². The van der Waals surface area contributed by atoms with Crippen molar-refractivity contribution in [3.05, 3.63) is 23.9 Å². The number of carbonyl (C=O) groups excluding carboxylic acids is 1. The summed E-state index contributed by atoms with van der Waals surface area (Å²) in [6.07, 6.45) is -1.26. The van der Waals surface area contributed by atoms with Gasteiger partial charge < -0.3 is 15.0 Å². The summed E-state index contributed by atoms with van der Waals surface area (Å²) in [5.74, 6) is 0.803. The van der Waals surface area contributed by atoms with Gasteiger partial charge in [-0.05, 0) is 25.0 Å². The Morgan fingerprint density at radius 3 is 2.74 bits per heavy atom. The molecule has 2 heterocycles. The summed E-state index contributed by atoms with van der Waals surface area (Å²) < 4.78 is 43.3. The monoisotopic (exact) mass is 385 g/mol. The molecule has 1 aromatic rings. The summed E-state index contributed by atoms with van der Waals surface area (Å²) in [6.45, 7) is 5.33. The number of amides is 1. The van der Waals surface area contributed by atoms with Gasteiger partial charge in [0.2, 0.25) is 5.91 Å². The summed E-state index contributed by atoms with van der Waals surface area (Å²) >= 11 is 0. The topological polar surface area (TPSA) is 54.5 Å². The lowest BCUT2D eigenvalue weighted by Gasteiger charge is -2.64. The third-order valence-electron chi connectivity index (χ3n) is 5.89. The van der Waals surface area contributed by atoms with Crippen LogP contribution >= 0.6 is 0 Å². The first kappa shape index (κ1) is 19.9. The van der Waals surface area contributed by atoms with E-state index in [1.54, 1.807) is 7.11 Å². The highest BCUT2D eigenvalue weighted by molar-refractivity contribution is 5.76. The number of halogens is 3. The largest absolute Gasteiger partial charge is 0.417 e. The smallest absolute Gasteiger partial charge is 0.384 e. The number of aromatic nitrogens is 1. The number of nitrogens with zero attached hydrogens (tertiary/aromatic N) is 2. The molecule has 1 aliphatic carbocycles. The molecule has 8 heteroatoms. The van der Waals surface area contributed by atoms with Crippen molar-refractivity contribution in [2.24, 2.45) is 11.3 Å². The van der Waals surface area contributed by atoms with Crippen LogP contribution in [0.3, 0.4) is 0 Å². The quantitative estimate of drug-likeness (QED) is 0.846. The molecule has 150 valence electrons. The van der Waals surface area contributed by atoms with E-state index in [0.717, 1.165) is 31.6 Å². The zero-order valence-electron chi connectivity index (χ0n) is 15.8. The number of anilines is 1. The SMILES string of the molecule is COCCC(=O)NC1C2CCCN(c3ccc(C(F)(F)F)cn3)C2C1(C)C. The number of hydrogen-bond acceptors (Lipinski definition) is 4. The second kappa shape index (κ2) is 7.30. The molecule has 0 bridgehead atoms. The van der Waals surface area contributed by atoms with Crippen LogP contribution in [-0.4, -0.2) is 43.2 Å². The van der Waals surface area contributed by atoms with Crippen molar-refractivity contribution in [3.8, 4) is 0 Å². The Bertz CT molecular complexity index is 676. The summed E-state index contributed by atoms with van der Waals surface area (Å²) in [5, 5.41) is 3.13. The Morgan fingerprint density at radius 1 is 1.41 bits per heavy atom. The number of pyridine rings is 1. The number of piperidine rings is 1. The van der Waals surface area contributed by atoms with Gasteiger partial charge >= 0.3 is 6.18 Å². The Hall–Kier alpha value is -1.83. The number of methoxy groups -OCH3 is 1. The van der Waals surface area contributed by atoms with Crippen LogP contribution in [-0.2, 0) is 15.7 Å². The molecule has 3 atom stereocenters. The summed E-state index contributed by atoms with van der Waals surface area (Å²) in [7, 11) is 1.56. The minimum atomic E-state index is -4.39. The van der Waals surface area contributed by atoms with Gasteiger partial charge in [-0.15, -0.1) is 0 Å². The van der Waals surface area contributed by atoms with Crippen LogP contribution in [0.1, 0.15) is 38.7 Å². The first-order valence-electron chi connectivity index (χ1n) is 9.24. The van der Waals surface area contributed by atoms with E-state index in [1.165, 1.54) is 6.07 Å². The molecule has 1 saturated heterocycles. The van der Waals surface area contributed by atoms with E-state index in [9.17, 15) is 18.0 Å². The van der Waals surface area contributed by atoms with Crippen LogP contribution < -0.4 is 10.2 Å². The summed E-state index contributed by atoms with van der Waals surface area (Å²) in [5.41, 5.74) is -0.936. The maximum absolute atomic E-state index is 12.8. The van der Waals surface area contributed by atoms with Crippen LogP contribution in [0.25, 0.3) is 0 Å². The van der Waals surface area contributed by atoms with E-state index in [1.807, 2.05) is 0 Å². The molecule has 1 amide bonds. The summed E-state index contributed by atoms with van der Waals surface area (Å²) in [6, 6.07) is 2.72. The molecule has 1 aliphatic heterocycles. The third-order valence-corrected chi connectivity index (χ3v) is 5.89. The zero-order valence-corrected chi connectivity index (χ0v) is 15.8. The highest BCUT2D eigenvalue weighted by atomic mass is 19.4. The molecule has 3 rings (SSSR count). The molecule has 0 aromatic carbocycles. The van der Waals surface area contributed by atoms with Gasteiger partial charge in [-0.2, -0.15) is 13.2 Å². The van der Waals surface area contributed by atoms with Gasteiger partial charge in [0.1, 0.15) is 5.82 Å². The van der Waals surface area contributed by atoms with Gasteiger partial charge in [0, 0.05) is 49.7 Å². The molecular formula is C19H26F3N3O2. The van der Waals surface area contributed by atoms with Crippen molar-refractivity contribution in [2.45, 2.75) is 51.4 Å². The fourth-order valence-electron chi connectivity index (χ4n) is 4.66. The molecule has 1 N–H and O–H groups in total. The number of ether oxygens (including phenoxy) is 1. The van der Waals surface area contributed by atoms with E-state index in [4.69, 9.17) is 4.74 Å². The van der Waals surface area contributed by atoms with Gasteiger partial charge in [0.05, 0.1) is 12.2 Å². The second-order valence-electron chi connectivity index (χ2n) is 7.96. The predicted molar refractivity (Wildman–Crippen MR) is 95.3 cm³/mol. The standard InChI is InChI=1S/C19H26F3N3O2/c1-18(2)16(24-15(26)8-10-27-3)13-5-4-9-25(17(13)18)14-7-6-12(11-23-14)19(20,21)22/h6-7,11,13,16-17H,4-5,8-10H2,1-3H3,(H,24,26). The summed E-state index contributed by atoms with van der Waals surface area (Å²) in [4.78, 5) is 18.3. The van der Waals surface area contributed by atoms with Crippen LogP contribution in [0.4, 0.5) is 19.0 Å². The molecule has 27 heavy (non-hydrogen) atoms. The van der Waals surface area contributed by atoms with Crippen LogP contribution in [0.5, 0.6) is 0 Å². The number of carbonyl (C=O) groups is 1. The van der Waals surface area contributed by atoms with Gasteiger partial charge in [-0.1, -0.05) is 13.8 Å². The van der Waals surface area contributed by atoms with Crippen molar-refractivity contribution < 1.29 is 22.7 Å². The highest BCUT2D eigenvalue weighted by Crippen LogP contribution is 2.53. The lowest BCUT2D eigenvalue weighted by atomic mass is 9.52. The van der Waals surface area contributed by atoms with E-state index in [0.29, 0.717) is 18.8 Å². The Morgan fingerprint density at radius 2 is 2.15 bits per heavy atom. The molecule has 3 unspecified atom stereocenters. The second-order valence-corrected chi connectivity index (χ2v) is 7.96. The van der Waals surface area contributed by atoms with Crippen molar-refractivity contribution in [1.29, 1.82) is 0 Å². The molecule has 0 spiro atoms. The van der Waals surface area contributed by atoms with Crippen molar-refractivity contribution in [2.75, 3.05) is 25.2 Å². The van der Waals surface area contributed by atoms with Crippen LogP contribution in [0.2, 0.25) is 0 Å². The lowest BCUT2D eigenvalue weighted by Crippen LogP contribution is -2.75. The van der Waals surface area contributed by atoms with Gasteiger partial charge in [-0.25, -0.2) is 4.98 Å². The lowest BCUT2D eigenvalue weighted by molar-refractivity contribution is -0.137. The molecule has 1 saturated carbocycles. The predicted octanol–water partition coefficient (Wildman–Crippen LogP) is 3.25. The Balaban J connectivity index is 1.74. The van der Waals surface area contributed by atoms with Crippen molar-refractivity contribution in [1.82, 2.24) is 10.3 Å². The Labute approximate surface area is 157 Å². The molecule has 1 aromatic heterocycles. The number of nitrogens with one attached hydrogen (secondary N) is 1. The molecular weight excluding hydrogens is 359 g/mol. The number of alkyl halides is 3. The van der Waals surface area contributed by atoms with E-state index >= 15 is 0 Å². The first-order chi connectivity index (χ1) is 12.7. The molecule has 0 radical (unpaired) electrons. The average molecular weight is 385 g/mol. The minimum absolute atomic E-state index is 0.0295. The highest BCUT2D eigenvalue weighted by Gasteiger charge is 2.60. The van der Waals surface area contributed by atoms with Crippen LogP contribution in [0.15, 0.2) is 18.3 Å². The first-order valence-corrected chi connectivity index (χ1v) is 9.24. The fourth-order valence-corrected chi connectivity index (χ4v) is 4.66. The Kier molecular flexibility index (Phi) is 5.38. The maximum Gasteiger partial charge on any atom is 0.417 e. The van der Waals surface area contributed by atoms with Gasteiger partial charge in [-0.3, -0.25) is 4.79 Å². The zero-order chi connectivity index (χ0) is 19.8. The van der Waals surface area contributed by atoms with Gasteiger partial charge in [0.15, 0.2) is 0 Å². The van der Waals surface area contributed by atoms with Crippen molar-refractivity contribution >= 4 is 11.7 Å². The minimum Gasteiger partial charge on any atom is -0.384 e. The van der Waals surface area contributed by atoms with E-state index in [2.05, 4.69) is 29.0 Å². The molecule has 5 nitrogen and oxygen atoms in total. The third kappa shape index (κ3) is 3.77. The molecule has 2 aliphatic rings. The van der Waals surface area contributed by atoms with E-state index in [-0.39, 0.29) is 29.3 Å².